The second-order valence-electron chi connectivity index (χ2n) is 16.0. The van der Waals surface area contributed by atoms with Gasteiger partial charge >= 0.3 is 0 Å². The van der Waals surface area contributed by atoms with Crippen molar-refractivity contribution < 1.29 is 4.42 Å². The zero-order chi connectivity index (χ0) is 41.7. The Bertz CT molecular complexity index is 3600. The molecule has 2 aromatic heterocycles. The largest absolute Gasteiger partial charge is 0.455 e. The van der Waals surface area contributed by atoms with E-state index in [1.807, 2.05) is 6.07 Å². The SMILES string of the molecule is c1ccc(-c2ccccc2-c2ccc(N(c3ccc(-c4cccc5c4oc4ccccc45)c(-c4ccccc4)c3)c3cccc4c3c3ccccc3n4-c3ccccc3)cc2)cc1. The molecule has 0 aliphatic carbocycles. The summed E-state index contributed by atoms with van der Waals surface area (Å²) in [4.78, 5) is 2.44. The van der Waals surface area contributed by atoms with Gasteiger partial charge in [0.1, 0.15) is 11.2 Å². The van der Waals surface area contributed by atoms with Crippen LogP contribution < -0.4 is 4.90 Å². The van der Waals surface area contributed by atoms with Gasteiger partial charge in [0.15, 0.2) is 0 Å². The molecular formula is C60H40N2O. The van der Waals surface area contributed by atoms with Gasteiger partial charge in [0.05, 0.1) is 16.7 Å². The molecule has 12 aromatic rings. The molecule has 0 fully saturated rings. The fourth-order valence-corrected chi connectivity index (χ4v) is 9.59. The van der Waals surface area contributed by atoms with Crippen LogP contribution in [-0.4, -0.2) is 4.57 Å². The zero-order valence-electron chi connectivity index (χ0n) is 34.4. The number of hydrogen-bond acceptors (Lipinski definition) is 2. The minimum absolute atomic E-state index is 0.890. The van der Waals surface area contributed by atoms with E-state index in [0.717, 1.165) is 78.0 Å². The Morgan fingerprint density at radius 2 is 0.873 bits per heavy atom. The first-order chi connectivity index (χ1) is 31.3. The molecule has 3 heteroatoms. The highest BCUT2D eigenvalue weighted by Crippen LogP contribution is 2.47. The van der Waals surface area contributed by atoms with E-state index in [0.29, 0.717) is 0 Å². The molecule has 63 heavy (non-hydrogen) atoms. The van der Waals surface area contributed by atoms with Crippen molar-refractivity contribution in [2.24, 2.45) is 0 Å². The average molecular weight is 805 g/mol. The smallest absolute Gasteiger partial charge is 0.143 e. The van der Waals surface area contributed by atoms with E-state index in [9.17, 15) is 0 Å². The summed E-state index contributed by atoms with van der Waals surface area (Å²) in [7, 11) is 0. The zero-order valence-corrected chi connectivity index (χ0v) is 34.4. The van der Waals surface area contributed by atoms with Crippen LogP contribution in [0.1, 0.15) is 0 Å². The van der Waals surface area contributed by atoms with Gasteiger partial charge in [-0.25, -0.2) is 0 Å². The third-order valence-electron chi connectivity index (χ3n) is 12.4. The molecule has 0 aliphatic rings. The average Bonchev–Trinajstić information content (AvgIpc) is 3.92. The number of fused-ring (bicyclic) bond motifs is 6. The van der Waals surface area contributed by atoms with Crippen molar-refractivity contribution in [2.75, 3.05) is 4.90 Å². The molecule has 0 radical (unpaired) electrons. The Hall–Kier alpha value is -8.40. The lowest BCUT2D eigenvalue weighted by Gasteiger charge is -2.28. The second-order valence-corrected chi connectivity index (χ2v) is 16.0. The summed E-state index contributed by atoms with van der Waals surface area (Å²) in [6, 6.07) is 87.1. The van der Waals surface area contributed by atoms with Gasteiger partial charge in [-0.1, -0.05) is 182 Å². The van der Waals surface area contributed by atoms with Crippen molar-refractivity contribution >= 4 is 60.8 Å². The molecule has 0 spiro atoms. The van der Waals surface area contributed by atoms with Crippen LogP contribution in [0.4, 0.5) is 17.1 Å². The normalized spacial score (nSPS) is 11.5. The predicted octanol–water partition coefficient (Wildman–Crippen LogP) is 16.8. The third kappa shape index (κ3) is 6.21. The van der Waals surface area contributed by atoms with Crippen molar-refractivity contribution in [3.05, 3.63) is 243 Å². The second kappa shape index (κ2) is 15.3. The highest BCUT2D eigenvalue weighted by atomic mass is 16.3. The molecule has 0 amide bonds. The van der Waals surface area contributed by atoms with E-state index in [1.54, 1.807) is 0 Å². The van der Waals surface area contributed by atoms with Gasteiger partial charge < -0.3 is 13.9 Å². The van der Waals surface area contributed by atoms with Crippen molar-refractivity contribution in [3.8, 4) is 50.2 Å². The Kier molecular flexibility index (Phi) is 8.83. The standard InChI is InChI=1S/C60H40N2O/c1-4-18-41(19-5-1)47-24-10-11-25-48(47)43-34-36-45(37-35-43)61(56-31-17-32-57-59(56)53-27-12-14-30-55(53)62(57)44-22-8-3-9-23-44)46-38-39-49(54(40-46)42-20-6-2-7-21-42)51-28-16-29-52-50-26-13-15-33-58(50)63-60(51)52/h1-40H. The maximum Gasteiger partial charge on any atom is 0.143 e. The number of hydrogen-bond donors (Lipinski definition) is 0. The summed E-state index contributed by atoms with van der Waals surface area (Å²) in [6.45, 7) is 0. The fourth-order valence-electron chi connectivity index (χ4n) is 9.59. The van der Waals surface area contributed by atoms with E-state index in [2.05, 4.69) is 246 Å². The lowest BCUT2D eigenvalue weighted by molar-refractivity contribution is 0.670. The maximum atomic E-state index is 6.64. The fraction of sp³-hybridized carbons (Fsp3) is 0. The molecule has 0 N–H and O–H groups in total. The lowest BCUT2D eigenvalue weighted by atomic mass is 9.92. The van der Waals surface area contributed by atoms with E-state index in [-0.39, 0.29) is 0 Å². The Balaban J connectivity index is 1.10. The number of nitrogens with zero attached hydrogens (tertiary/aromatic N) is 2. The van der Waals surface area contributed by atoms with Crippen molar-refractivity contribution in [3.63, 3.8) is 0 Å². The number of para-hydroxylation sites is 4. The minimum atomic E-state index is 0.890. The Morgan fingerprint density at radius 1 is 0.333 bits per heavy atom. The molecule has 0 bridgehead atoms. The van der Waals surface area contributed by atoms with Crippen LogP contribution in [-0.2, 0) is 0 Å². The van der Waals surface area contributed by atoms with Crippen molar-refractivity contribution in [1.82, 2.24) is 4.57 Å². The molecule has 0 unspecified atom stereocenters. The Morgan fingerprint density at radius 3 is 1.62 bits per heavy atom. The van der Waals surface area contributed by atoms with E-state index in [1.165, 1.54) is 33.0 Å². The summed E-state index contributed by atoms with van der Waals surface area (Å²) in [5.74, 6) is 0. The molecular weight excluding hydrogens is 765 g/mol. The third-order valence-corrected chi connectivity index (χ3v) is 12.4. The van der Waals surface area contributed by atoms with Crippen LogP contribution in [0, 0.1) is 0 Å². The van der Waals surface area contributed by atoms with Crippen molar-refractivity contribution in [1.29, 1.82) is 0 Å². The Labute approximate surface area is 366 Å². The first kappa shape index (κ1) is 36.5. The number of benzene rings is 10. The van der Waals surface area contributed by atoms with Crippen LogP contribution in [0.15, 0.2) is 247 Å². The van der Waals surface area contributed by atoms with Gasteiger partial charge in [0, 0.05) is 44.2 Å². The molecule has 0 aliphatic heterocycles. The molecule has 0 atom stereocenters. The van der Waals surface area contributed by atoms with Gasteiger partial charge in [0.25, 0.3) is 0 Å². The van der Waals surface area contributed by atoms with Gasteiger partial charge in [-0.2, -0.15) is 0 Å². The van der Waals surface area contributed by atoms with Crippen LogP contribution in [0.25, 0.3) is 93.9 Å². The van der Waals surface area contributed by atoms with Gasteiger partial charge in [-0.15, -0.1) is 0 Å². The summed E-state index contributed by atoms with van der Waals surface area (Å²) in [5, 5.41) is 4.62. The topological polar surface area (TPSA) is 21.3 Å². The van der Waals surface area contributed by atoms with Gasteiger partial charge in [0.2, 0.25) is 0 Å². The molecule has 0 saturated carbocycles. The number of anilines is 3. The summed E-state index contributed by atoms with van der Waals surface area (Å²) < 4.78 is 9.04. The minimum Gasteiger partial charge on any atom is -0.455 e. The first-order valence-electron chi connectivity index (χ1n) is 21.5. The maximum absolute atomic E-state index is 6.64. The van der Waals surface area contributed by atoms with Gasteiger partial charge in [-0.05, 0) is 99.6 Å². The highest BCUT2D eigenvalue weighted by Gasteiger charge is 2.23. The number of furan rings is 1. The van der Waals surface area contributed by atoms with Crippen LogP contribution in [0.5, 0.6) is 0 Å². The molecule has 10 aromatic carbocycles. The number of aromatic nitrogens is 1. The van der Waals surface area contributed by atoms with E-state index < -0.39 is 0 Å². The van der Waals surface area contributed by atoms with Crippen LogP contribution in [0.3, 0.4) is 0 Å². The van der Waals surface area contributed by atoms with E-state index in [4.69, 9.17) is 4.42 Å². The first-order valence-corrected chi connectivity index (χ1v) is 21.5. The predicted molar refractivity (Wildman–Crippen MR) is 264 cm³/mol. The van der Waals surface area contributed by atoms with Crippen molar-refractivity contribution in [2.45, 2.75) is 0 Å². The lowest BCUT2D eigenvalue weighted by Crippen LogP contribution is -2.11. The molecule has 2 heterocycles. The van der Waals surface area contributed by atoms with E-state index >= 15 is 0 Å². The molecule has 0 saturated heterocycles. The summed E-state index contributed by atoms with van der Waals surface area (Å²) >= 11 is 0. The van der Waals surface area contributed by atoms with Crippen LogP contribution >= 0.6 is 0 Å². The van der Waals surface area contributed by atoms with Gasteiger partial charge in [-0.3, -0.25) is 0 Å². The summed E-state index contributed by atoms with van der Waals surface area (Å²) in [5.41, 5.74) is 17.6. The monoisotopic (exact) mass is 804 g/mol. The summed E-state index contributed by atoms with van der Waals surface area (Å²) in [6.07, 6.45) is 0. The number of rotatable bonds is 8. The quantitative estimate of drug-likeness (QED) is 0.153. The molecule has 12 rings (SSSR count). The molecule has 296 valence electrons. The highest BCUT2D eigenvalue weighted by molar-refractivity contribution is 6.17. The van der Waals surface area contributed by atoms with Crippen LogP contribution in [0.2, 0.25) is 0 Å². The molecule has 3 nitrogen and oxygen atoms in total.